The van der Waals surface area contributed by atoms with E-state index in [0.29, 0.717) is 109 Å². The first-order chi connectivity index (χ1) is 43.2. The van der Waals surface area contributed by atoms with Crippen molar-refractivity contribution in [3.63, 3.8) is 0 Å². The standard InChI is InChI=1S/C22H31F3N2O3S.C21H27F3N2O3S.C15H19F3N2O2S.C6H10O2/c1-3-5-16(2)14-21(28)26-12-10-19(11-13-26)27(18-8-9-18)31(29,30)20-7-4-6-17(15-20)22(23,24)25;1-2-3-4-8-20(27)25-13-11-18(12-14-25)26(17-9-10-17)30(28,29)19-7-5-6-16(15-19)21(22,23)24;16-15(17,18)11-2-1-3-14(10-11)23(21,22)20(12-4-5-12)13-6-8-19-9-7-13;1-2-3-4-5-6(7)8/h4,6-7,15-16,18-19H,3,5,8-14H2,1-2H3;4-8,15,17-18H,2-3,9-14H2,1H3;1-3,10,12-13,19H,4-9H2;4-5H,2-3H2,1H3,(H,7,8)/b;8-4+;;5-4+. The number of nitrogens with zero attached hydrogens (tertiary/aromatic N) is 5. The molecule has 1 atom stereocenters. The van der Waals surface area contributed by atoms with Gasteiger partial charge in [-0.1, -0.05) is 83.7 Å². The number of halogens is 9. The fraction of sp³-hybridized carbons (Fsp3) is 0.609. The summed E-state index contributed by atoms with van der Waals surface area (Å²) in [6.45, 7) is 11.5. The van der Waals surface area contributed by atoms with E-state index in [1.807, 2.05) is 19.9 Å². The zero-order chi connectivity index (χ0) is 67.8. The fourth-order valence-electron chi connectivity index (χ4n) is 11.5. The van der Waals surface area contributed by atoms with Crippen LogP contribution < -0.4 is 5.32 Å². The van der Waals surface area contributed by atoms with E-state index < -0.39 is 71.3 Å². The normalized spacial score (nSPS) is 18.9. The SMILES string of the molecule is CCC/C=C/C(=O)N1CCC(N(C2CC2)S(=O)(=O)c2cccc(C(F)(F)F)c2)CC1.CCC/C=C/C(=O)O.CCCC(C)CC(=O)N1CCC(N(C2CC2)S(=O)(=O)c2cccc(C(F)(F)F)c2)CC1.O=S(=O)(c1cccc(C(F)(F)F)c1)N(C1CCNCC1)C1CC1. The number of aliphatic carboxylic acids is 1. The third-order valence-electron chi connectivity index (χ3n) is 16.6. The van der Waals surface area contributed by atoms with Gasteiger partial charge in [-0.05, 0) is 170 Å². The number of benzene rings is 3. The largest absolute Gasteiger partial charge is 0.478 e. The van der Waals surface area contributed by atoms with Crippen molar-refractivity contribution in [2.75, 3.05) is 39.3 Å². The van der Waals surface area contributed by atoms with E-state index in [4.69, 9.17) is 5.11 Å². The molecule has 3 saturated heterocycles. The number of carboxylic acid groups (broad SMARTS) is 1. The number of hydrogen-bond donors (Lipinski definition) is 2. The molecule has 0 aromatic heterocycles. The number of carboxylic acids is 1. The van der Waals surface area contributed by atoms with Crippen molar-refractivity contribution in [3.8, 4) is 0 Å². The Labute approximate surface area is 535 Å². The van der Waals surface area contributed by atoms with Gasteiger partial charge in [-0.25, -0.2) is 30.0 Å². The molecule has 3 heterocycles. The second kappa shape index (κ2) is 33.3. The number of allylic oxidation sites excluding steroid dienone is 2. The van der Waals surface area contributed by atoms with E-state index in [9.17, 15) is 79.2 Å². The maximum absolute atomic E-state index is 13.3. The lowest BCUT2D eigenvalue weighted by Gasteiger charge is -2.38. The second-order valence-electron chi connectivity index (χ2n) is 24.2. The summed E-state index contributed by atoms with van der Waals surface area (Å²) in [5.74, 6) is -0.531. The number of nitrogens with one attached hydrogen (secondary N) is 1. The molecule has 92 heavy (non-hydrogen) atoms. The number of carbonyl (C=O) groups excluding carboxylic acids is 2. The number of alkyl halides is 9. The maximum Gasteiger partial charge on any atom is 0.416 e. The van der Waals surface area contributed by atoms with Gasteiger partial charge in [-0.3, -0.25) is 9.59 Å². The highest BCUT2D eigenvalue weighted by Gasteiger charge is 2.47. The number of amides is 2. The van der Waals surface area contributed by atoms with Gasteiger partial charge < -0.3 is 20.2 Å². The average Bonchev–Trinajstić information content (AvgIpc) is 1.79. The Morgan fingerprint density at radius 2 is 0.837 bits per heavy atom. The van der Waals surface area contributed by atoms with Gasteiger partial charge in [0.15, 0.2) is 0 Å². The Bertz CT molecular complexity index is 3320. The molecule has 3 saturated carbocycles. The van der Waals surface area contributed by atoms with Gasteiger partial charge in [0.1, 0.15) is 0 Å². The van der Waals surface area contributed by atoms with E-state index >= 15 is 0 Å². The van der Waals surface area contributed by atoms with Crippen molar-refractivity contribution >= 4 is 47.9 Å². The quantitative estimate of drug-likeness (QED) is 0.0716. The van der Waals surface area contributed by atoms with Crippen LogP contribution in [0.4, 0.5) is 39.5 Å². The van der Waals surface area contributed by atoms with Crippen molar-refractivity contribution < 1.29 is 84.3 Å². The van der Waals surface area contributed by atoms with Crippen molar-refractivity contribution in [3.05, 3.63) is 114 Å². The van der Waals surface area contributed by atoms with E-state index in [1.165, 1.54) is 37.2 Å². The first-order valence-corrected chi connectivity index (χ1v) is 36.0. The summed E-state index contributed by atoms with van der Waals surface area (Å²) in [5, 5.41) is 11.2. The topological polar surface area (TPSA) is 202 Å². The monoisotopic (exact) mass is 1370 g/mol. The molecule has 9 rings (SSSR count). The molecule has 1 unspecified atom stereocenters. The highest BCUT2D eigenvalue weighted by atomic mass is 32.2. The number of unbranched alkanes of at least 4 members (excludes halogenated alkanes) is 2. The molecule has 0 spiro atoms. The zero-order valence-electron chi connectivity index (χ0n) is 52.4. The van der Waals surface area contributed by atoms with Crippen LogP contribution in [-0.2, 0) is 63.0 Å². The van der Waals surface area contributed by atoms with Crippen LogP contribution >= 0.6 is 0 Å². The number of hydrogen-bond acceptors (Lipinski definition) is 10. The Hall–Kier alpha value is -5.39. The lowest BCUT2D eigenvalue weighted by atomic mass is 9.99. The van der Waals surface area contributed by atoms with E-state index in [1.54, 1.807) is 22.0 Å². The van der Waals surface area contributed by atoms with Crippen LogP contribution in [0.15, 0.2) is 112 Å². The summed E-state index contributed by atoms with van der Waals surface area (Å²) in [4.78, 5) is 37.2. The number of carbonyl (C=O) groups is 3. The minimum atomic E-state index is -4.60. The van der Waals surface area contributed by atoms with Crippen molar-refractivity contribution in [1.82, 2.24) is 28.0 Å². The third-order valence-corrected chi connectivity index (χ3v) is 22.7. The molecule has 3 aromatic rings. The van der Waals surface area contributed by atoms with Crippen LogP contribution in [-0.4, -0.2) is 146 Å². The number of piperidine rings is 3. The van der Waals surface area contributed by atoms with Crippen molar-refractivity contribution in [2.45, 2.75) is 219 Å². The summed E-state index contributed by atoms with van der Waals surface area (Å²) in [7, 11) is -12.0. The molecule has 2 N–H and O–H groups in total. The second-order valence-corrected chi connectivity index (χ2v) is 29.8. The lowest BCUT2D eigenvalue weighted by molar-refractivity contribution is -0.138. The summed E-state index contributed by atoms with van der Waals surface area (Å²) < 4.78 is 200. The predicted molar refractivity (Wildman–Crippen MR) is 330 cm³/mol. The minimum Gasteiger partial charge on any atom is -0.478 e. The molecular formula is C64H87F9N6O10S3. The van der Waals surface area contributed by atoms with Gasteiger partial charge in [-0.2, -0.15) is 52.4 Å². The third kappa shape index (κ3) is 21.8. The van der Waals surface area contributed by atoms with Crippen molar-refractivity contribution in [1.29, 1.82) is 0 Å². The lowest BCUT2D eigenvalue weighted by Crippen LogP contribution is -2.49. The van der Waals surface area contributed by atoms with Gasteiger partial charge in [0.05, 0.1) is 31.4 Å². The molecule has 2 amide bonds. The number of sulfonamides is 3. The first-order valence-electron chi connectivity index (χ1n) is 31.7. The molecule has 514 valence electrons. The average molecular weight is 1370 g/mol. The zero-order valence-corrected chi connectivity index (χ0v) is 54.9. The molecule has 3 aromatic carbocycles. The molecular weight excluding hydrogens is 1280 g/mol. The van der Waals surface area contributed by atoms with Gasteiger partial charge in [0, 0.05) is 74.9 Å². The highest BCUT2D eigenvalue weighted by Crippen LogP contribution is 2.42. The maximum atomic E-state index is 13.3. The highest BCUT2D eigenvalue weighted by molar-refractivity contribution is 7.89. The summed E-state index contributed by atoms with van der Waals surface area (Å²) in [6.07, 6.45) is 6.35. The summed E-state index contributed by atoms with van der Waals surface area (Å²) in [6, 6.07) is 10.8. The molecule has 6 fully saturated rings. The van der Waals surface area contributed by atoms with Gasteiger partial charge in [-0.15, -0.1) is 0 Å². The van der Waals surface area contributed by atoms with Crippen LogP contribution in [0.5, 0.6) is 0 Å². The Balaban J connectivity index is 0.000000208. The van der Waals surface area contributed by atoms with E-state index in [-0.39, 0.29) is 62.8 Å². The molecule has 28 heteroatoms. The summed E-state index contributed by atoms with van der Waals surface area (Å²) >= 11 is 0. The van der Waals surface area contributed by atoms with Crippen LogP contribution in [0.3, 0.4) is 0 Å². The molecule has 16 nitrogen and oxygen atoms in total. The van der Waals surface area contributed by atoms with Gasteiger partial charge in [0.25, 0.3) is 0 Å². The smallest absolute Gasteiger partial charge is 0.416 e. The van der Waals surface area contributed by atoms with Crippen LogP contribution in [0, 0.1) is 5.92 Å². The Morgan fingerprint density at radius 1 is 0.511 bits per heavy atom. The molecule has 0 bridgehead atoms. The first kappa shape index (κ1) is 75.6. The molecule has 3 aliphatic heterocycles. The van der Waals surface area contributed by atoms with Crippen molar-refractivity contribution in [2.24, 2.45) is 5.92 Å². The number of rotatable bonds is 22. The van der Waals surface area contributed by atoms with Crippen LogP contribution in [0.25, 0.3) is 0 Å². The Kier molecular flexibility index (Phi) is 27.4. The van der Waals surface area contributed by atoms with Gasteiger partial charge in [0.2, 0.25) is 41.9 Å². The van der Waals surface area contributed by atoms with E-state index in [2.05, 4.69) is 19.2 Å². The molecule has 3 aliphatic carbocycles. The minimum absolute atomic E-state index is 0.0716. The summed E-state index contributed by atoms with van der Waals surface area (Å²) in [5.41, 5.74) is -2.87. The molecule has 6 aliphatic rings. The van der Waals surface area contributed by atoms with Crippen LogP contribution in [0.1, 0.15) is 166 Å². The van der Waals surface area contributed by atoms with Crippen LogP contribution in [0.2, 0.25) is 0 Å². The fourth-order valence-corrected chi connectivity index (χ4v) is 17.5. The molecule has 0 radical (unpaired) electrons. The van der Waals surface area contributed by atoms with Gasteiger partial charge >= 0.3 is 24.5 Å². The predicted octanol–water partition coefficient (Wildman–Crippen LogP) is 12.9. The van der Waals surface area contributed by atoms with E-state index in [0.717, 1.165) is 113 Å². The number of likely N-dealkylation sites (tertiary alicyclic amines) is 2. The Morgan fingerprint density at radius 3 is 1.15 bits per heavy atom.